The van der Waals surface area contributed by atoms with Crippen LogP contribution < -0.4 is 15.0 Å². The molecule has 10 heteroatoms. The first-order valence-corrected chi connectivity index (χ1v) is 10.6. The van der Waals surface area contributed by atoms with Gasteiger partial charge in [0.05, 0.1) is 26.5 Å². The summed E-state index contributed by atoms with van der Waals surface area (Å²) in [5, 5.41) is -0.384. The standard InChI is InChI=1S/C19H18ClN3O5S/c1-27-15-6-4-12(8-16(15)28-2)10-23-11-13(5-7-18(23)24)14-9-17(20)22-19(21-14)29(3,25)26/h4-9,11H,10H2,1-3H3. The van der Waals surface area contributed by atoms with E-state index >= 15 is 0 Å². The third-order valence-corrected chi connectivity index (χ3v) is 5.13. The molecule has 0 N–H and O–H groups in total. The lowest BCUT2D eigenvalue weighted by molar-refractivity contribution is 0.354. The maximum absolute atomic E-state index is 12.3. The van der Waals surface area contributed by atoms with E-state index in [4.69, 9.17) is 21.1 Å². The number of methoxy groups -OCH3 is 2. The third-order valence-electron chi connectivity index (χ3n) is 4.09. The smallest absolute Gasteiger partial charge is 0.250 e. The number of rotatable bonds is 6. The summed E-state index contributed by atoms with van der Waals surface area (Å²) in [5.41, 5.74) is 1.41. The van der Waals surface area contributed by atoms with Gasteiger partial charge in [0.2, 0.25) is 15.0 Å². The molecule has 29 heavy (non-hydrogen) atoms. The van der Waals surface area contributed by atoms with Gasteiger partial charge in [0.15, 0.2) is 11.5 Å². The van der Waals surface area contributed by atoms with Crippen LogP contribution in [0.1, 0.15) is 5.56 Å². The Labute approximate surface area is 172 Å². The minimum Gasteiger partial charge on any atom is -0.493 e. The summed E-state index contributed by atoms with van der Waals surface area (Å²) >= 11 is 5.96. The maximum atomic E-state index is 12.3. The van der Waals surface area contributed by atoms with E-state index in [1.807, 2.05) is 6.07 Å². The van der Waals surface area contributed by atoms with Crippen LogP contribution in [0.2, 0.25) is 5.15 Å². The molecular formula is C19H18ClN3O5S. The molecular weight excluding hydrogens is 418 g/mol. The van der Waals surface area contributed by atoms with Crippen LogP contribution in [-0.4, -0.2) is 43.4 Å². The van der Waals surface area contributed by atoms with Crippen LogP contribution in [0.15, 0.2) is 52.5 Å². The predicted octanol–water partition coefficient (Wildman–Crippen LogP) is 2.43. The molecule has 8 nitrogen and oxygen atoms in total. The van der Waals surface area contributed by atoms with Crippen LogP contribution in [0.4, 0.5) is 0 Å². The van der Waals surface area contributed by atoms with Crippen molar-refractivity contribution in [2.45, 2.75) is 11.7 Å². The zero-order valence-electron chi connectivity index (χ0n) is 15.9. The molecule has 0 aliphatic carbocycles. The van der Waals surface area contributed by atoms with Crippen molar-refractivity contribution >= 4 is 21.4 Å². The molecule has 0 atom stereocenters. The van der Waals surface area contributed by atoms with Crippen molar-refractivity contribution in [3.8, 4) is 22.8 Å². The summed E-state index contributed by atoms with van der Waals surface area (Å²) in [6.45, 7) is 0.269. The van der Waals surface area contributed by atoms with Crippen molar-refractivity contribution in [2.75, 3.05) is 20.5 Å². The molecule has 2 aromatic heterocycles. The second kappa shape index (κ2) is 8.22. The summed E-state index contributed by atoms with van der Waals surface area (Å²) in [6.07, 6.45) is 2.59. The molecule has 0 aliphatic heterocycles. The molecule has 1 aromatic carbocycles. The van der Waals surface area contributed by atoms with Crippen LogP contribution in [-0.2, 0) is 16.4 Å². The fraction of sp³-hybridized carbons (Fsp3) is 0.211. The van der Waals surface area contributed by atoms with Gasteiger partial charge < -0.3 is 14.0 Å². The molecule has 0 unspecified atom stereocenters. The maximum Gasteiger partial charge on any atom is 0.250 e. The van der Waals surface area contributed by atoms with Gasteiger partial charge in [0.1, 0.15) is 5.15 Å². The molecule has 152 valence electrons. The summed E-state index contributed by atoms with van der Waals surface area (Å²) < 4.78 is 35.6. The minimum atomic E-state index is -3.64. The highest BCUT2D eigenvalue weighted by atomic mass is 35.5. The fourth-order valence-electron chi connectivity index (χ4n) is 2.69. The van der Waals surface area contributed by atoms with Crippen LogP contribution >= 0.6 is 11.6 Å². The van der Waals surface area contributed by atoms with Crippen molar-refractivity contribution in [1.82, 2.24) is 14.5 Å². The van der Waals surface area contributed by atoms with E-state index in [1.165, 1.54) is 23.8 Å². The number of ether oxygens (including phenoxy) is 2. The Bertz CT molecular complexity index is 1220. The first-order chi connectivity index (χ1) is 13.7. The van der Waals surface area contributed by atoms with Gasteiger partial charge in [-0.15, -0.1) is 0 Å². The molecule has 0 radical (unpaired) electrons. The lowest BCUT2D eigenvalue weighted by Crippen LogP contribution is -2.19. The Morgan fingerprint density at radius 3 is 2.41 bits per heavy atom. The average Bonchev–Trinajstić information content (AvgIpc) is 2.68. The second-order valence-corrected chi connectivity index (χ2v) is 8.50. The van der Waals surface area contributed by atoms with E-state index < -0.39 is 9.84 Å². The second-order valence-electron chi connectivity index (χ2n) is 6.20. The number of pyridine rings is 1. The highest BCUT2D eigenvalue weighted by Gasteiger charge is 2.15. The van der Waals surface area contributed by atoms with Crippen LogP contribution in [0.25, 0.3) is 11.3 Å². The van der Waals surface area contributed by atoms with E-state index in [1.54, 1.807) is 31.5 Å². The van der Waals surface area contributed by atoms with E-state index in [2.05, 4.69) is 9.97 Å². The highest BCUT2D eigenvalue weighted by Crippen LogP contribution is 2.28. The normalized spacial score (nSPS) is 11.3. The Morgan fingerprint density at radius 1 is 1.03 bits per heavy atom. The quantitative estimate of drug-likeness (QED) is 0.433. The largest absolute Gasteiger partial charge is 0.493 e. The van der Waals surface area contributed by atoms with Gasteiger partial charge >= 0.3 is 0 Å². The fourth-order valence-corrected chi connectivity index (χ4v) is 3.45. The average molecular weight is 436 g/mol. The highest BCUT2D eigenvalue weighted by molar-refractivity contribution is 7.90. The monoisotopic (exact) mass is 435 g/mol. The molecule has 0 aliphatic rings. The summed E-state index contributed by atoms with van der Waals surface area (Å²) in [6, 6.07) is 9.73. The Hall–Kier alpha value is -2.91. The molecule has 0 fully saturated rings. The van der Waals surface area contributed by atoms with E-state index in [0.29, 0.717) is 22.8 Å². The SMILES string of the molecule is COc1ccc(Cn2cc(-c3cc(Cl)nc(S(C)(=O)=O)n3)ccc2=O)cc1OC. The number of nitrogens with zero attached hydrogens (tertiary/aromatic N) is 3. The third kappa shape index (κ3) is 4.75. The van der Waals surface area contributed by atoms with Crippen molar-refractivity contribution in [3.05, 3.63) is 63.7 Å². The molecule has 2 heterocycles. The predicted molar refractivity (Wildman–Crippen MR) is 108 cm³/mol. The molecule has 0 spiro atoms. The van der Waals surface area contributed by atoms with Crippen LogP contribution in [0.3, 0.4) is 0 Å². The van der Waals surface area contributed by atoms with Gasteiger partial charge in [-0.2, -0.15) is 0 Å². The molecule has 0 amide bonds. The van der Waals surface area contributed by atoms with Crippen molar-refractivity contribution in [1.29, 1.82) is 0 Å². The summed E-state index contributed by atoms with van der Waals surface area (Å²) in [5.74, 6) is 1.14. The number of sulfone groups is 1. The molecule has 3 aromatic rings. The first-order valence-electron chi connectivity index (χ1n) is 8.37. The van der Waals surface area contributed by atoms with Gasteiger partial charge in [-0.1, -0.05) is 17.7 Å². The number of benzene rings is 1. The molecule has 3 rings (SSSR count). The Morgan fingerprint density at radius 2 is 1.76 bits per heavy atom. The number of hydrogen-bond donors (Lipinski definition) is 0. The Balaban J connectivity index is 2.02. The van der Waals surface area contributed by atoms with E-state index in [0.717, 1.165) is 11.8 Å². The lowest BCUT2D eigenvalue weighted by Gasteiger charge is -2.12. The zero-order chi connectivity index (χ0) is 21.2. The summed E-state index contributed by atoms with van der Waals surface area (Å²) in [4.78, 5) is 20.1. The van der Waals surface area contributed by atoms with Crippen LogP contribution in [0, 0.1) is 0 Å². The van der Waals surface area contributed by atoms with E-state index in [9.17, 15) is 13.2 Å². The van der Waals surface area contributed by atoms with Gasteiger partial charge in [0, 0.05) is 30.1 Å². The van der Waals surface area contributed by atoms with Crippen molar-refractivity contribution in [3.63, 3.8) is 0 Å². The lowest BCUT2D eigenvalue weighted by atomic mass is 10.1. The van der Waals surface area contributed by atoms with Crippen LogP contribution in [0.5, 0.6) is 11.5 Å². The van der Waals surface area contributed by atoms with Gasteiger partial charge in [-0.05, 0) is 23.8 Å². The summed E-state index contributed by atoms with van der Waals surface area (Å²) in [7, 11) is -0.559. The van der Waals surface area contributed by atoms with Crippen molar-refractivity contribution < 1.29 is 17.9 Å². The topological polar surface area (TPSA) is 100 Å². The first kappa shape index (κ1) is 20.8. The number of hydrogen-bond acceptors (Lipinski definition) is 7. The molecule has 0 saturated carbocycles. The number of aromatic nitrogens is 3. The van der Waals surface area contributed by atoms with Crippen molar-refractivity contribution in [2.24, 2.45) is 0 Å². The number of halogens is 1. The molecule has 0 saturated heterocycles. The van der Waals surface area contributed by atoms with E-state index in [-0.39, 0.29) is 22.4 Å². The Kier molecular flexibility index (Phi) is 5.90. The zero-order valence-corrected chi connectivity index (χ0v) is 17.5. The van der Waals surface area contributed by atoms with Gasteiger partial charge in [-0.3, -0.25) is 4.79 Å². The molecule has 0 bridgehead atoms. The van der Waals surface area contributed by atoms with Gasteiger partial charge in [-0.25, -0.2) is 18.4 Å². The minimum absolute atomic E-state index is 0.00642. The van der Waals surface area contributed by atoms with Gasteiger partial charge in [0.25, 0.3) is 5.56 Å².